The lowest BCUT2D eigenvalue weighted by Gasteiger charge is -2.36. The molecule has 0 bridgehead atoms. The molecule has 0 heterocycles. The molecule has 3 aromatic carbocycles. The molecule has 3 rings (SSSR count). The maximum absolute atomic E-state index is 13.6. The molecule has 0 aliphatic carbocycles. The fourth-order valence-corrected chi connectivity index (χ4v) is 3.69. The minimum Gasteiger partial charge on any atom is -0.427 e. The first-order chi connectivity index (χ1) is 13.4. The van der Waals surface area contributed by atoms with Gasteiger partial charge >= 0.3 is 7.12 Å². The molecule has 3 aromatic rings. The van der Waals surface area contributed by atoms with Crippen molar-refractivity contribution in [2.45, 2.75) is 24.6 Å². The third-order valence-corrected chi connectivity index (χ3v) is 5.03. The molecule has 0 atom stereocenters. The number of hydrogen-bond acceptors (Lipinski definition) is 2. The molecule has 2 N–H and O–H groups in total. The summed E-state index contributed by atoms with van der Waals surface area (Å²) < 4.78 is 40.7. The van der Waals surface area contributed by atoms with E-state index in [1.54, 1.807) is 36.4 Å². The topological polar surface area (TPSA) is 40.5 Å². The van der Waals surface area contributed by atoms with Crippen LogP contribution in [-0.4, -0.2) is 17.2 Å². The first-order valence-corrected chi connectivity index (χ1v) is 9.06. The maximum atomic E-state index is 13.6. The second-order valence-electron chi connectivity index (χ2n) is 6.80. The quantitative estimate of drug-likeness (QED) is 0.458. The van der Waals surface area contributed by atoms with E-state index in [2.05, 4.69) is 0 Å². The van der Waals surface area contributed by atoms with Crippen molar-refractivity contribution in [2.24, 2.45) is 0 Å². The lowest BCUT2D eigenvalue weighted by molar-refractivity contribution is 0.398. The molecule has 0 aliphatic rings. The Hall–Kier alpha value is -2.57. The van der Waals surface area contributed by atoms with Crippen LogP contribution in [0.25, 0.3) is 0 Å². The first-order valence-electron chi connectivity index (χ1n) is 9.06. The predicted octanol–water partition coefficient (Wildman–Crippen LogP) is 4.69. The van der Waals surface area contributed by atoms with Crippen LogP contribution >= 0.6 is 0 Å². The molecule has 6 heteroatoms. The summed E-state index contributed by atoms with van der Waals surface area (Å²) in [7, 11) is -1.45. The van der Waals surface area contributed by atoms with Gasteiger partial charge in [-0.05, 0) is 65.8 Å². The Kier molecular flexibility index (Phi) is 6.22. The molecule has 2 nitrogen and oxygen atoms in total. The molecule has 0 saturated carbocycles. The normalized spacial score (nSPS) is 11.5. The number of rotatable bonds is 7. The Morgan fingerprint density at radius 3 is 1.21 bits per heavy atom. The van der Waals surface area contributed by atoms with E-state index < -0.39 is 12.5 Å². The van der Waals surface area contributed by atoms with E-state index in [0.717, 1.165) is 16.7 Å². The van der Waals surface area contributed by atoms with Crippen LogP contribution in [0.4, 0.5) is 13.2 Å². The van der Waals surface area contributed by atoms with Gasteiger partial charge in [0.15, 0.2) is 0 Å². The lowest BCUT2D eigenvalue weighted by atomic mass is 9.65. The summed E-state index contributed by atoms with van der Waals surface area (Å²) in [6.45, 7) is 0. The van der Waals surface area contributed by atoms with Crippen molar-refractivity contribution in [1.82, 2.24) is 0 Å². The minimum absolute atomic E-state index is 0.144. The second-order valence-corrected chi connectivity index (χ2v) is 6.80. The molecule has 0 radical (unpaired) electrons. The van der Waals surface area contributed by atoms with Gasteiger partial charge in [0, 0.05) is 5.41 Å². The van der Waals surface area contributed by atoms with Crippen LogP contribution in [0.2, 0.25) is 6.32 Å². The van der Waals surface area contributed by atoms with Gasteiger partial charge in [-0.2, -0.15) is 0 Å². The van der Waals surface area contributed by atoms with Gasteiger partial charge in [-0.1, -0.05) is 42.8 Å². The molecule has 28 heavy (non-hydrogen) atoms. The van der Waals surface area contributed by atoms with Crippen LogP contribution < -0.4 is 0 Å². The van der Waals surface area contributed by atoms with Gasteiger partial charge in [-0.3, -0.25) is 0 Å². The van der Waals surface area contributed by atoms with Crippen molar-refractivity contribution in [2.75, 3.05) is 0 Å². The molecule has 0 aliphatic heterocycles. The Balaban J connectivity index is 2.21. The van der Waals surface area contributed by atoms with Crippen LogP contribution in [0.5, 0.6) is 0 Å². The van der Waals surface area contributed by atoms with E-state index in [1.807, 2.05) is 0 Å². The third-order valence-electron chi connectivity index (χ3n) is 5.03. The van der Waals surface area contributed by atoms with Crippen LogP contribution in [0.3, 0.4) is 0 Å². The number of halogens is 3. The Morgan fingerprint density at radius 2 is 0.929 bits per heavy atom. The smallest absolute Gasteiger partial charge is 0.427 e. The maximum Gasteiger partial charge on any atom is 0.451 e. The van der Waals surface area contributed by atoms with Gasteiger partial charge < -0.3 is 10.0 Å². The standard InChI is InChI=1S/C22H20BF3O2/c24-19-8-2-16(3-9-19)22(14-1-15-23(27)28,17-4-10-20(25)11-5-17)18-6-12-21(26)13-7-18/h2-13,27-28H,1,14-15H2. The van der Waals surface area contributed by atoms with E-state index in [0.29, 0.717) is 12.8 Å². The van der Waals surface area contributed by atoms with Crippen LogP contribution in [0.15, 0.2) is 72.8 Å². The van der Waals surface area contributed by atoms with Crippen molar-refractivity contribution in [1.29, 1.82) is 0 Å². The molecule has 144 valence electrons. The van der Waals surface area contributed by atoms with E-state index in [1.165, 1.54) is 36.4 Å². The largest absolute Gasteiger partial charge is 0.451 e. The Labute approximate surface area is 162 Å². The number of benzene rings is 3. The molecule has 0 unspecified atom stereocenters. The molecule has 0 saturated heterocycles. The Bertz CT molecular complexity index is 784. The van der Waals surface area contributed by atoms with Crippen LogP contribution in [0.1, 0.15) is 29.5 Å². The molecule has 0 spiro atoms. The zero-order valence-electron chi connectivity index (χ0n) is 15.2. The highest BCUT2D eigenvalue weighted by molar-refractivity contribution is 6.40. The summed E-state index contributed by atoms with van der Waals surface area (Å²) in [5.74, 6) is -1.16. The van der Waals surface area contributed by atoms with Crippen molar-refractivity contribution in [3.05, 3.63) is 107 Å². The SMILES string of the molecule is OB(O)CCCC(c1ccc(F)cc1)(c1ccc(F)cc1)c1ccc(F)cc1. The number of hydrogen-bond donors (Lipinski definition) is 2. The highest BCUT2D eigenvalue weighted by atomic mass is 19.1. The average Bonchev–Trinajstić information content (AvgIpc) is 2.68. The Morgan fingerprint density at radius 1 is 0.607 bits per heavy atom. The lowest BCUT2D eigenvalue weighted by Crippen LogP contribution is -2.30. The molecule has 0 aromatic heterocycles. The molecular weight excluding hydrogens is 364 g/mol. The van der Waals surface area contributed by atoms with Gasteiger partial charge in [0.05, 0.1) is 0 Å². The average molecular weight is 384 g/mol. The van der Waals surface area contributed by atoms with Gasteiger partial charge in [0.2, 0.25) is 0 Å². The highest BCUT2D eigenvalue weighted by Crippen LogP contribution is 2.43. The van der Waals surface area contributed by atoms with Gasteiger partial charge in [0.1, 0.15) is 17.5 Å². The zero-order valence-corrected chi connectivity index (χ0v) is 15.2. The fraction of sp³-hybridized carbons (Fsp3) is 0.182. The third kappa shape index (κ3) is 4.29. The summed E-state index contributed by atoms with van der Waals surface area (Å²) in [5, 5.41) is 18.6. The van der Waals surface area contributed by atoms with Crippen molar-refractivity contribution in [3.63, 3.8) is 0 Å². The first kappa shape index (κ1) is 20.2. The zero-order chi connectivity index (χ0) is 20.1. The fourth-order valence-electron chi connectivity index (χ4n) is 3.69. The molecular formula is C22H20BF3O2. The summed E-state index contributed by atoms with van der Waals surface area (Å²) in [4.78, 5) is 0. The van der Waals surface area contributed by atoms with Crippen molar-refractivity contribution in [3.8, 4) is 0 Å². The van der Waals surface area contributed by atoms with E-state index in [9.17, 15) is 23.2 Å². The second kappa shape index (κ2) is 8.63. The van der Waals surface area contributed by atoms with Gasteiger partial charge in [-0.15, -0.1) is 0 Å². The molecule has 0 amide bonds. The van der Waals surface area contributed by atoms with Crippen LogP contribution in [-0.2, 0) is 5.41 Å². The van der Waals surface area contributed by atoms with Gasteiger partial charge in [-0.25, -0.2) is 13.2 Å². The van der Waals surface area contributed by atoms with Crippen LogP contribution in [0, 0.1) is 17.5 Å². The van der Waals surface area contributed by atoms with E-state index in [-0.39, 0.29) is 23.8 Å². The molecule has 0 fully saturated rings. The van der Waals surface area contributed by atoms with E-state index >= 15 is 0 Å². The van der Waals surface area contributed by atoms with Crippen molar-refractivity contribution >= 4 is 7.12 Å². The predicted molar refractivity (Wildman–Crippen MR) is 103 cm³/mol. The summed E-state index contributed by atoms with van der Waals surface area (Å²) >= 11 is 0. The van der Waals surface area contributed by atoms with E-state index in [4.69, 9.17) is 0 Å². The summed E-state index contributed by atoms with van der Waals surface area (Å²) in [5.41, 5.74) is 1.42. The monoisotopic (exact) mass is 384 g/mol. The summed E-state index contributed by atoms with van der Waals surface area (Å²) in [6.07, 6.45) is 1.02. The highest BCUT2D eigenvalue weighted by Gasteiger charge is 2.36. The summed E-state index contributed by atoms with van der Waals surface area (Å²) in [6, 6.07) is 18.0. The minimum atomic E-state index is -1.45. The van der Waals surface area contributed by atoms with Gasteiger partial charge in [0.25, 0.3) is 0 Å². The van der Waals surface area contributed by atoms with Crippen molar-refractivity contribution < 1.29 is 23.2 Å².